The molecule has 0 spiro atoms. The summed E-state index contributed by atoms with van der Waals surface area (Å²) in [6.07, 6.45) is -0.276. The lowest BCUT2D eigenvalue weighted by Crippen LogP contribution is -2.49. The van der Waals surface area contributed by atoms with Crippen LogP contribution in [-0.4, -0.2) is 73.2 Å². The van der Waals surface area contributed by atoms with E-state index in [4.69, 9.17) is 0 Å². The first kappa shape index (κ1) is 29.8. The van der Waals surface area contributed by atoms with Gasteiger partial charge in [0.1, 0.15) is 17.3 Å². The van der Waals surface area contributed by atoms with Crippen LogP contribution in [0.2, 0.25) is 0 Å². The summed E-state index contributed by atoms with van der Waals surface area (Å²) in [5.41, 5.74) is -2.90. The summed E-state index contributed by atoms with van der Waals surface area (Å²) in [5, 5.41) is 22.1. The molecule has 2 aliphatic heterocycles. The van der Waals surface area contributed by atoms with Gasteiger partial charge in [-0.3, -0.25) is 15.0 Å². The molecular formula is C27H28F4N6O4S. The molecule has 2 aromatic heterocycles. The number of carboxylic acid groups (broad SMARTS) is 1. The minimum absolute atomic E-state index is 0.00961. The Morgan fingerprint density at radius 3 is 2.50 bits per heavy atom. The maximum atomic E-state index is 14.0. The number of amides is 1. The van der Waals surface area contributed by atoms with Crippen LogP contribution in [0.15, 0.2) is 30.6 Å². The molecule has 3 N–H and O–H groups in total. The van der Waals surface area contributed by atoms with Crippen LogP contribution in [0.4, 0.5) is 28.5 Å². The van der Waals surface area contributed by atoms with E-state index in [0.717, 1.165) is 42.9 Å². The number of rotatable bonds is 7. The number of aromatic nitrogens is 3. The van der Waals surface area contributed by atoms with E-state index in [1.54, 1.807) is 4.90 Å². The third-order valence-corrected chi connectivity index (χ3v) is 8.64. The number of benzene rings is 1. The average molecular weight is 609 g/mol. The predicted molar refractivity (Wildman–Crippen MR) is 146 cm³/mol. The van der Waals surface area contributed by atoms with Crippen LogP contribution in [0.3, 0.4) is 0 Å². The number of hydrogen-bond donors (Lipinski definition) is 3. The number of carbonyl (C=O) groups excluding carboxylic acids is 1. The van der Waals surface area contributed by atoms with E-state index in [9.17, 15) is 37.4 Å². The van der Waals surface area contributed by atoms with E-state index < -0.39 is 35.0 Å². The Bertz CT molecular complexity index is 1470. The third kappa shape index (κ3) is 6.22. The van der Waals surface area contributed by atoms with Crippen molar-refractivity contribution in [2.75, 3.05) is 29.9 Å². The van der Waals surface area contributed by atoms with Crippen molar-refractivity contribution in [1.29, 1.82) is 0 Å². The number of piperidine rings is 1. The summed E-state index contributed by atoms with van der Waals surface area (Å²) >= 11 is 1.12. The van der Waals surface area contributed by atoms with Gasteiger partial charge in [-0.1, -0.05) is 11.3 Å². The van der Waals surface area contributed by atoms with Gasteiger partial charge < -0.3 is 15.1 Å². The van der Waals surface area contributed by atoms with Gasteiger partial charge in [0.2, 0.25) is 0 Å². The number of carboxylic acids is 1. The molecule has 0 bridgehead atoms. The Morgan fingerprint density at radius 2 is 1.90 bits per heavy atom. The maximum absolute atomic E-state index is 14.0. The average Bonchev–Trinajstić information content (AvgIpc) is 3.54. The first-order valence-corrected chi connectivity index (χ1v) is 14.1. The summed E-state index contributed by atoms with van der Waals surface area (Å²) < 4.78 is 54.3. The molecule has 0 aliphatic carbocycles. The highest BCUT2D eigenvalue weighted by atomic mass is 32.1. The number of anilines is 2. The Kier molecular flexibility index (Phi) is 8.18. The SMILES string of the molecule is C[C@@H]1CCCN1Cc1sc(NC(=O)c2cnc(N3CCC(O)(C(=O)O)CC3)cn2)nc1-c1ccc(F)c(C(F)(F)F)c1. The molecule has 5 rings (SSSR count). The highest BCUT2D eigenvalue weighted by molar-refractivity contribution is 7.16. The van der Waals surface area contributed by atoms with E-state index in [1.165, 1.54) is 18.5 Å². The number of nitrogens with one attached hydrogen (secondary N) is 1. The zero-order valence-corrected chi connectivity index (χ0v) is 23.3. The van der Waals surface area contributed by atoms with Crippen molar-refractivity contribution in [2.45, 2.75) is 57.0 Å². The first-order chi connectivity index (χ1) is 19.8. The minimum Gasteiger partial charge on any atom is -0.479 e. The van der Waals surface area contributed by atoms with Crippen LogP contribution in [0.25, 0.3) is 11.3 Å². The number of nitrogens with zero attached hydrogens (tertiary/aromatic N) is 5. The highest BCUT2D eigenvalue weighted by Crippen LogP contribution is 2.38. The second-order valence-corrected chi connectivity index (χ2v) is 11.6. The molecule has 4 heterocycles. The van der Waals surface area contributed by atoms with Gasteiger partial charge in [-0.15, -0.1) is 0 Å². The lowest BCUT2D eigenvalue weighted by atomic mass is 9.92. The number of likely N-dealkylation sites (tertiary alicyclic amines) is 1. The quantitative estimate of drug-likeness (QED) is 0.334. The topological polar surface area (TPSA) is 132 Å². The van der Waals surface area contributed by atoms with Crippen molar-refractivity contribution < 1.29 is 37.4 Å². The summed E-state index contributed by atoms with van der Waals surface area (Å²) in [6.45, 7) is 3.76. The Morgan fingerprint density at radius 1 is 1.17 bits per heavy atom. The van der Waals surface area contributed by atoms with Crippen LogP contribution in [-0.2, 0) is 17.5 Å². The monoisotopic (exact) mass is 608 g/mol. The predicted octanol–water partition coefficient (Wildman–Crippen LogP) is 4.41. The number of halogens is 4. The summed E-state index contributed by atoms with van der Waals surface area (Å²) in [7, 11) is 0. The first-order valence-electron chi connectivity index (χ1n) is 13.3. The maximum Gasteiger partial charge on any atom is 0.419 e. The van der Waals surface area contributed by atoms with E-state index in [1.807, 2.05) is 0 Å². The fourth-order valence-electron chi connectivity index (χ4n) is 5.12. The number of carbonyl (C=O) groups is 2. The van der Waals surface area contributed by atoms with E-state index in [-0.39, 0.29) is 54.1 Å². The van der Waals surface area contributed by atoms with Gasteiger partial charge in [-0.2, -0.15) is 13.2 Å². The van der Waals surface area contributed by atoms with Gasteiger partial charge in [0.05, 0.1) is 23.7 Å². The number of aliphatic hydroxyl groups is 1. The smallest absolute Gasteiger partial charge is 0.419 e. The van der Waals surface area contributed by atoms with Crippen molar-refractivity contribution >= 4 is 34.2 Å². The molecule has 2 aliphatic rings. The standard InChI is InChI=1S/C27H28F4N6O4S/c1-15-3-2-8-37(15)14-20-22(16-4-5-18(28)17(11-16)27(29,30)31)34-25(42-20)35-23(38)19-12-33-21(13-32-19)36-9-6-26(41,7-10-36)24(39)40/h4-5,11-13,15,41H,2-3,6-10,14H2,1H3,(H,39,40)(H,34,35,38)/t15-/m1/s1. The lowest BCUT2D eigenvalue weighted by Gasteiger charge is -2.35. The second kappa shape index (κ2) is 11.5. The van der Waals surface area contributed by atoms with Gasteiger partial charge in [-0.25, -0.2) is 24.1 Å². The molecule has 1 atom stereocenters. The normalized spacial score (nSPS) is 19.2. The number of alkyl halides is 3. The Labute approximate surface area is 242 Å². The van der Waals surface area contributed by atoms with Gasteiger partial charge in [0.25, 0.3) is 5.91 Å². The highest BCUT2D eigenvalue weighted by Gasteiger charge is 2.40. The molecule has 1 amide bonds. The largest absolute Gasteiger partial charge is 0.479 e. The number of hydrogen-bond acceptors (Lipinski definition) is 9. The fourth-order valence-corrected chi connectivity index (χ4v) is 6.13. The fraction of sp³-hybridized carbons (Fsp3) is 0.444. The lowest BCUT2D eigenvalue weighted by molar-refractivity contribution is -0.160. The molecule has 2 saturated heterocycles. The van der Waals surface area contributed by atoms with Crippen LogP contribution < -0.4 is 10.2 Å². The summed E-state index contributed by atoms with van der Waals surface area (Å²) in [6, 6.07) is 3.00. The van der Waals surface area contributed by atoms with Crippen molar-refractivity contribution in [3.05, 3.63) is 52.5 Å². The summed E-state index contributed by atoms with van der Waals surface area (Å²) in [5.74, 6) is -2.88. The van der Waals surface area contributed by atoms with E-state index >= 15 is 0 Å². The van der Waals surface area contributed by atoms with Crippen molar-refractivity contribution in [1.82, 2.24) is 19.9 Å². The van der Waals surface area contributed by atoms with Gasteiger partial charge in [0.15, 0.2) is 10.7 Å². The zero-order valence-electron chi connectivity index (χ0n) is 22.5. The van der Waals surface area contributed by atoms with Crippen molar-refractivity contribution in [3.63, 3.8) is 0 Å². The number of thiazole rings is 1. The van der Waals surface area contributed by atoms with Crippen LogP contribution in [0.1, 0.15) is 53.5 Å². The number of aliphatic carboxylic acids is 1. The van der Waals surface area contributed by atoms with Gasteiger partial charge >= 0.3 is 12.1 Å². The summed E-state index contributed by atoms with van der Waals surface area (Å²) in [4.78, 5) is 41.6. The molecule has 224 valence electrons. The van der Waals surface area contributed by atoms with Crippen molar-refractivity contribution in [3.8, 4) is 11.3 Å². The molecule has 1 aromatic carbocycles. The van der Waals surface area contributed by atoms with Crippen LogP contribution in [0.5, 0.6) is 0 Å². The van der Waals surface area contributed by atoms with Crippen LogP contribution in [0, 0.1) is 5.82 Å². The Hall–Kier alpha value is -3.69. The minimum atomic E-state index is -4.88. The van der Waals surface area contributed by atoms with Gasteiger partial charge in [-0.05, 0) is 44.5 Å². The Balaban J connectivity index is 1.35. The molecule has 2 fully saturated rings. The zero-order chi connectivity index (χ0) is 30.2. The molecule has 0 radical (unpaired) electrons. The van der Waals surface area contributed by atoms with E-state index in [2.05, 4.69) is 32.1 Å². The molecular weight excluding hydrogens is 580 g/mol. The molecule has 10 nitrogen and oxygen atoms in total. The van der Waals surface area contributed by atoms with Crippen LogP contribution >= 0.6 is 11.3 Å². The van der Waals surface area contributed by atoms with Crippen molar-refractivity contribution in [2.24, 2.45) is 0 Å². The molecule has 0 saturated carbocycles. The molecule has 3 aromatic rings. The molecule has 15 heteroatoms. The second-order valence-electron chi connectivity index (χ2n) is 10.5. The van der Waals surface area contributed by atoms with Gasteiger partial charge in [0, 0.05) is 49.0 Å². The molecule has 0 unspecified atom stereocenters. The third-order valence-electron chi connectivity index (χ3n) is 7.68. The molecule has 42 heavy (non-hydrogen) atoms. The van der Waals surface area contributed by atoms with E-state index in [0.29, 0.717) is 17.2 Å².